The molecule has 3 N–H and O–H groups in total. The zero-order valence-electron chi connectivity index (χ0n) is 23.9. The molecular formula is C31H38N6O5. The van der Waals surface area contributed by atoms with Crippen LogP contribution in [-0.4, -0.2) is 73.1 Å². The van der Waals surface area contributed by atoms with Gasteiger partial charge in [0.1, 0.15) is 23.8 Å². The number of unbranched alkanes of at least 4 members (excludes halogenated alkanes) is 3. The lowest BCUT2D eigenvalue weighted by Crippen LogP contribution is -2.55. The normalized spacial score (nSPS) is 27.9. The number of nitrogens with one attached hydrogen (secondary N) is 2. The van der Waals surface area contributed by atoms with Gasteiger partial charge in [-0.3, -0.25) is 14.4 Å². The van der Waals surface area contributed by atoms with Crippen molar-refractivity contribution in [2.45, 2.75) is 75.9 Å². The van der Waals surface area contributed by atoms with E-state index < -0.39 is 29.1 Å². The summed E-state index contributed by atoms with van der Waals surface area (Å²) in [6.07, 6.45) is 4.15. The number of carbonyl (C=O) groups excluding carboxylic acids is 3. The molecule has 42 heavy (non-hydrogen) atoms. The number of hydrogen-bond acceptors (Lipinski definition) is 7. The Morgan fingerprint density at radius 2 is 1.76 bits per heavy atom. The van der Waals surface area contributed by atoms with Crippen LogP contribution in [0.15, 0.2) is 54.6 Å². The Hall–Kier alpha value is -3.83. The Morgan fingerprint density at radius 3 is 2.57 bits per heavy atom. The fourth-order valence-electron chi connectivity index (χ4n) is 7.29. The number of ether oxygens (including phenoxy) is 1. The molecular weight excluding hydrogens is 536 g/mol. The number of aromatic nitrogens is 3. The summed E-state index contributed by atoms with van der Waals surface area (Å²) in [5.74, 6) is -2.19. The highest BCUT2D eigenvalue weighted by molar-refractivity contribution is 5.99. The predicted molar refractivity (Wildman–Crippen MR) is 153 cm³/mol. The quantitative estimate of drug-likeness (QED) is 0.282. The van der Waals surface area contributed by atoms with Gasteiger partial charge in [-0.15, -0.1) is 5.10 Å². The van der Waals surface area contributed by atoms with Gasteiger partial charge in [-0.2, -0.15) is 0 Å². The van der Waals surface area contributed by atoms with E-state index in [1.807, 2.05) is 61.5 Å². The molecule has 6 rings (SSSR count). The zero-order chi connectivity index (χ0) is 29.3. The van der Waals surface area contributed by atoms with E-state index >= 15 is 0 Å². The zero-order valence-corrected chi connectivity index (χ0v) is 23.9. The average molecular weight is 575 g/mol. The van der Waals surface area contributed by atoms with Crippen molar-refractivity contribution in [3.05, 3.63) is 60.2 Å². The summed E-state index contributed by atoms with van der Waals surface area (Å²) in [5.41, 5.74) is 0.559. The number of nitrogens with zero attached hydrogens (tertiary/aromatic N) is 4. The van der Waals surface area contributed by atoms with Crippen LogP contribution in [0, 0.1) is 11.8 Å². The molecule has 2 bridgehead atoms. The Kier molecular flexibility index (Phi) is 7.71. The van der Waals surface area contributed by atoms with Crippen LogP contribution in [0.3, 0.4) is 0 Å². The standard InChI is InChI=1S/C31H38N6O5/c1-30-15-16-31(42-30)25(24(30)27(39)32-19-21-11-5-4-6-12-21)29(41)36(17-9-2-3-10-18-38)26(31)28(40)33-20-37-23-14-8-7-13-22(23)34-35-37/h4-8,11-14,24-26,38H,2-3,9-10,15-20H2,1H3,(H,32,39)(H,33,40)/t24-,25-,26?,30+,31?/m0/s1. The van der Waals surface area contributed by atoms with Crippen LogP contribution in [0.1, 0.15) is 51.0 Å². The molecule has 1 spiro atoms. The third-order valence-electron chi connectivity index (χ3n) is 9.25. The van der Waals surface area contributed by atoms with Gasteiger partial charge in [-0.05, 0) is 50.3 Å². The number of benzene rings is 2. The first-order valence-corrected chi connectivity index (χ1v) is 14.9. The van der Waals surface area contributed by atoms with Crippen LogP contribution in [0.5, 0.6) is 0 Å². The van der Waals surface area contributed by atoms with E-state index in [0.29, 0.717) is 38.8 Å². The van der Waals surface area contributed by atoms with Crippen molar-refractivity contribution < 1.29 is 24.2 Å². The van der Waals surface area contributed by atoms with Crippen LogP contribution in [0.4, 0.5) is 0 Å². The predicted octanol–water partition coefficient (Wildman–Crippen LogP) is 2.14. The summed E-state index contributed by atoms with van der Waals surface area (Å²) in [5, 5.41) is 23.5. The van der Waals surface area contributed by atoms with Crippen molar-refractivity contribution in [3.8, 4) is 0 Å². The molecule has 3 aliphatic heterocycles. The van der Waals surface area contributed by atoms with Crippen molar-refractivity contribution in [2.24, 2.45) is 11.8 Å². The van der Waals surface area contributed by atoms with Crippen LogP contribution in [0.2, 0.25) is 0 Å². The maximum absolute atomic E-state index is 14.2. The minimum Gasteiger partial charge on any atom is -0.396 e. The van der Waals surface area contributed by atoms with E-state index in [1.165, 1.54) is 0 Å². The van der Waals surface area contributed by atoms with Gasteiger partial charge in [0.25, 0.3) is 0 Å². The number of carbonyl (C=O) groups is 3. The van der Waals surface area contributed by atoms with Gasteiger partial charge in [0, 0.05) is 19.7 Å². The Labute approximate surface area is 244 Å². The molecule has 3 aliphatic rings. The molecule has 3 aromatic rings. The van der Waals surface area contributed by atoms with E-state index in [2.05, 4.69) is 20.9 Å². The number of likely N-dealkylation sites (tertiary alicyclic amines) is 1. The highest BCUT2D eigenvalue weighted by Gasteiger charge is 2.77. The van der Waals surface area contributed by atoms with Gasteiger partial charge in [-0.25, -0.2) is 4.68 Å². The highest BCUT2D eigenvalue weighted by Crippen LogP contribution is 2.63. The van der Waals surface area contributed by atoms with Gasteiger partial charge < -0.3 is 25.4 Å². The first kappa shape index (κ1) is 28.3. The Bertz CT molecular complexity index is 1460. The average Bonchev–Trinajstić information content (AvgIpc) is 3.71. The largest absolute Gasteiger partial charge is 0.396 e. The van der Waals surface area contributed by atoms with Gasteiger partial charge in [-0.1, -0.05) is 60.5 Å². The summed E-state index contributed by atoms with van der Waals surface area (Å²) in [7, 11) is 0. The van der Waals surface area contributed by atoms with Crippen LogP contribution in [0.25, 0.3) is 11.0 Å². The molecule has 0 saturated carbocycles. The minimum atomic E-state index is -1.08. The Morgan fingerprint density at radius 1 is 1.00 bits per heavy atom. The fourth-order valence-corrected chi connectivity index (χ4v) is 7.29. The van der Waals surface area contributed by atoms with Gasteiger partial charge >= 0.3 is 0 Å². The lowest BCUT2D eigenvalue weighted by atomic mass is 9.66. The summed E-state index contributed by atoms with van der Waals surface area (Å²) < 4.78 is 8.31. The topological polar surface area (TPSA) is 139 Å². The number of rotatable bonds is 12. The molecule has 2 aromatic carbocycles. The smallest absolute Gasteiger partial charge is 0.247 e. The molecule has 1 aromatic heterocycles. The maximum atomic E-state index is 14.2. The van der Waals surface area contributed by atoms with E-state index in [9.17, 15) is 14.4 Å². The third-order valence-corrected chi connectivity index (χ3v) is 9.25. The van der Waals surface area contributed by atoms with Gasteiger partial charge in [0.15, 0.2) is 0 Å². The molecule has 3 fully saturated rings. The van der Waals surface area contributed by atoms with Crippen LogP contribution >= 0.6 is 0 Å². The Balaban J connectivity index is 1.25. The first-order valence-electron chi connectivity index (χ1n) is 14.9. The molecule has 3 saturated heterocycles. The second-order valence-electron chi connectivity index (χ2n) is 11.9. The molecule has 11 heteroatoms. The fraction of sp³-hybridized carbons (Fsp3) is 0.516. The first-order chi connectivity index (χ1) is 20.4. The summed E-state index contributed by atoms with van der Waals surface area (Å²) in [6, 6.07) is 16.3. The van der Waals surface area contributed by atoms with Gasteiger partial charge in [0.2, 0.25) is 17.7 Å². The van der Waals surface area contributed by atoms with Crippen LogP contribution < -0.4 is 10.6 Å². The highest BCUT2D eigenvalue weighted by atomic mass is 16.5. The number of para-hydroxylation sites is 1. The van der Waals surface area contributed by atoms with E-state index in [4.69, 9.17) is 9.84 Å². The third kappa shape index (κ3) is 4.84. The molecule has 5 atom stereocenters. The SMILES string of the molecule is C[C@]12CCC3(O1)C(C(=O)NCn1nnc4ccccc41)N(CCCCCCO)C(=O)[C@@H]3[C@H]2C(=O)NCc1ccccc1. The number of aliphatic hydroxyl groups excluding tert-OH is 1. The van der Waals surface area contributed by atoms with Crippen molar-refractivity contribution in [3.63, 3.8) is 0 Å². The van der Waals surface area contributed by atoms with E-state index in [-0.39, 0.29) is 31.0 Å². The van der Waals surface area contributed by atoms with Crippen molar-refractivity contribution >= 4 is 28.8 Å². The minimum absolute atomic E-state index is 0.0907. The number of hydrogen-bond donors (Lipinski definition) is 3. The molecule has 2 unspecified atom stereocenters. The van der Waals surface area contributed by atoms with Crippen molar-refractivity contribution in [2.75, 3.05) is 13.2 Å². The lowest BCUT2D eigenvalue weighted by Gasteiger charge is -2.33. The van der Waals surface area contributed by atoms with E-state index in [0.717, 1.165) is 29.4 Å². The molecule has 222 valence electrons. The molecule has 3 amide bonds. The number of aliphatic hydroxyl groups is 1. The maximum Gasteiger partial charge on any atom is 0.247 e. The van der Waals surface area contributed by atoms with Gasteiger partial charge in [0.05, 0.1) is 23.0 Å². The summed E-state index contributed by atoms with van der Waals surface area (Å²) >= 11 is 0. The summed E-state index contributed by atoms with van der Waals surface area (Å²) in [4.78, 5) is 43.5. The van der Waals surface area contributed by atoms with Crippen molar-refractivity contribution in [1.29, 1.82) is 0 Å². The van der Waals surface area contributed by atoms with E-state index in [1.54, 1.807) is 9.58 Å². The van der Waals surface area contributed by atoms with Crippen molar-refractivity contribution in [1.82, 2.24) is 30.5 Å². The second kappa shape index (κ2) is 11.4. The molecule has 0 radical (unpaired) electrons. The second-order valence-corrected chi connectivity index (χ2v) is 11.9. The number of amides is 3. The number of fused-ring (bicyclic) bond motifs is 2. The van der Waals surface area contributed by atoms with Crippen LogP contribution in [-0.2, 0) is 32.3 Å². The molecule has 4 heterocycles. The lowest BCUT2D eigenvalue weighted by molar-refractivity contribution is -0.146. The summed E-state index contributed by atoms with van der Waals surface area (Å²) in [6.45, 7) is 2.85. The monoisotopic (exact) mass is 574 g/mol. The molecule has 11 nitrogen and oxygen atoms in total. The molecule has 0 aliphatic carbocycles.